The predicted octanol–water partition coefficient (Wildman–Crippen LogP) is 1.63. The maximum absolute atomic E-state index is 8.35. The van der Waals surface area contributed by atoms with Crippen LogP contribution in [0.25, 0.3) is 0 Å². The maximum atomic E-state index is 8.35. The normalized spacial score (nSPS) is 24.1. The molecule has 0 aromatic heterocycles. The third-order valence-corrected chi connectivity index (χ3v) is 1.56. The van der Waals surface area contributed by atoms with Crippen molar-refractivity contribution in [3.05, 3.63) is 23.8 Å². The summed E-state index contributed by atoms with van der Waals surface area (Å²) in [6.45, 7) is 0. The quantitative estimate of drug-likeness (QED) is 0.511. The Labute approximate surface area is 57.8 Å². The van der Waals surface area contributed by atoms with E-state index in [2.05, 4.69) is 0 Å². The molecule has 3 heteroatoms. The second kappa shape index (κ2) is 3.21. The number of ether oxygens (including phenoxy) is 1. The topological polar surface area (TPSA) is 33.0 Å². The molecule has 0 aromatic carbocycles. The van der Waals surface area contributed by atoms with Crippen LogP contribution in [0.5, 0.6) is 0 Å². The van der Waals surface area contributed by atoms with E-state index in [1.807, 2.05) is 17.6 Å². The number of nitrogens with zero attached hydrogens (tertiary/aromatic N) is 1. The van der Waals surface area contributed by atoms with E-state index in [0.29, 0.717) is 0 Å². The van der Waals surface area contributed by atoms with Crippen molar-refractivity contribution in [3.8, 4) is 6.07 Å². The highest BCUT2D eigenvalue weighted by molar-refractivity contribution is 8.02. The lowest BCUT2D eigenvalue weighted by molar-refractivity contribution is 0.268. The van der Waals surface area contributed by atoms with Crippen LogP contribution in [0.3, 0.4) is 0 Å². The predicted molar refractivity (Wildman–Crippen MR) is 36.4 cm³/mol. The molecular formula is C6H5NOS. The van der Waals surface area contributed by atoms with Crippen molar-refractivity contribution in [2.75, 3.05) is 0 Å². The number of rotatable bonds is 0. The number of nitriles is 1. The lowest BCUT2D eigenvalue weighted by Crippen LogP contribution is -1.96. The lowest BCUT2D eigenvalue weighted by Gasteiger charge is -2.00. The zero-order chi connectivity index (χ0) is 6.53. The van der Waals surface area contributed by atoms with Crippen LogP contribution in [0.4, 0.5) is 0 Å². The Hall–Kier alpha value is -0.880. The van der Waals surface area contributed by atoms with E-state index in [0.717, 1.165) is 0 Å². The Morgan fingerprint density at radius 3 is 3.22 bits per heavy atom. The summed E-state index contributed by atoms with van der Waals surface area (Å²) in [6, 6.07) is 1.98. The number of thioether (sulfide) groups is 1. The van der Waals surface area contributed by atoms with Crippen molar-refractivity contribution >= 4 is 11.8 Å². The van der Waals surface area contributed by atoms with Crippen molar-refractivity contribution in [2.45, 2.75) is 5.44 Å². The Balaban J connectivity index is 2.53. The summed E-state index contributed by atoms with van der Waals surface area (Å²) >= 11 is 1.36. The molecule has 1 atom stereocenters. The van der Waals surface area contributed by atoms with E-state index in [1.165, 1.54) is 18.0 Å². The van der Waals surface area contributed by atoms with Crippen LogP contribution in [0.2, 0.25) is 0 Å². The number of hydrogen-bond acceptors (Lipinski definition) is 3. The lowest BCUT2D eigenvalue weighted by atomic mass is 10.6. The molecule has 0 amide bonds. The van der Waals surface area contributed by atoms with E-state index in [9.17, 15) is 0 Å². The van der Waals surface area contributed by atoms with E-state index >= 15 is 0 Å². The van der Waals surface area contributed by atoms with Crippen LogP contribution in [0, 0.1) is 11.3 Å². The zero-order valence-corrected chi connectivity index (χ0v) is 5.47. The summed E-state index contributed by atoms with van der Waals surface area (Å²) < 4.78 is 4.91. The van der Waals surface area contributed by atoms with Crippen molar-refractivity contribution < 1.29 is 4.74 Å². The van der Waals surface area contributed by atoms with Gasteiger partial charge in [0.25, 0.3) is 0 Å². The summed E-state index contributed by atoms with van der Waals surface area (Å²) in [6.07, 6.45) is 5.11. The van der Waals surface area contributed by atoms with Gasteiger partial charge < -0.3 is 4.74 Å². The summed E-state index contributed by atoms with van der Waals surface area (Å²) in [5.74, 6) is 0. The molecule has 9 heavy (non-hydrogen) atoms. The molecular weight excluding hydrogens is 134 g/mol. The van der Waals surface area contributed by atoms with E-state index in [-0.39, 0.29) is 5.44 Å². The molecule has 1 unspecified atom stereocenters. The number of allylic oxidation sites excluding steroid dienone is 2. The van der Waals surface area contributed by atoms with Crippen LogP contribution < -0.4 is 0 Å². The molecule has 0 aliphatic carbocycles. The second-order valence-corrected chi connectivity index (χ2v) is 2.36. The minimum absolute atomic E-state index is 0.375. The summed E-state index contributed by atoms with van der Waals surface area (Å²) in [5, 5.41) is 10.2. The first-order chi connectivity index (χ1) is 4.43. The fourth-order valence-corrected chi connectivity index (χ4v) is 0.930. The molecule has 0 aromatic rings. The third-order valence-electron chi connectivity index (χ3n) is 0.778. The molecule has 1 rings (SSSR count). The smallest absolute Gasteiger partial charge is 0.233 e. The molecule has 0 spiro atoms. The molecule has 0 bridgehead atoms. The van der Waals surface area contributed by atoms with Crippen LogP contribution in [-0.2, 0) is 4.74 Å². The zero-order valence-electron chi connectivity index (χ0n) is 4.65. The van der Waals surface area contributed by atoms with Gasteiger partial charge >= 0.3 is 0 Å². The average Bonchev–Trinajstić information content (AvgIpc) is 2.13. The summed E-state index contributed by atoms with van der Waals surface area (Å²) in [7, 11) is 0. The first kappa shape index (κ1) is 6.24. The van der Waals surface area contributed by atoms with Crippen LogP contribution in [0.15, 0.2) is 23.8 Å². The molecule has 0 N–H and O–H groups in total. The van der Waals surface area contributed by atoms with Crippen LogP contribution >= 0.6 is 11.8 Å². The second-order valence-electron chi connectivity index (χ2n) is 1.39. The van der Waals surface area contributed by atoms with E-state index in [4.69, 9.17) is 10.00 Å². The first-order valence-corrected chi connectivity index (χ1v) is 3.40. The summed E-state index contributed by atoms with van der Waals surface area (Å²) in [5.41, 5.74) is -0.375. The fourth-order valence-electron chi connectivity index (χ4n) is 0.417. The van der Waals surface area contributed by atoms with Gasteiger partial charge in [0.15, 0.2) is 0 Å². The van der Waals surface area contributed by atoms with Gasteiger partial charge in [0.05, 0.1) is 6.26 Å². The minimum atomic E-state index is -0.375. The van der Waals surface area contributed by atoms with Gasteiger partial charge in [0.2, 0.25) is 5.44 Å². The van der Waals surface area contributed by atoms with Gasteiger partial charge in [-0.2, -0.15) is 5.26 Å². The van der Waals surface area contributed by atoms with E-state index < -0.39 is 0 Å². The largest absolute Gasteiger partial charge is 0.473 e. The standard InChI is InChI=1S/C6H5NOS/c7-5-6-8-3-1-2-4-9-6/h1-4,6H. The maximum Gasteiger partial charge on any atom is 0.233 e. The minimum Gasteiger partial charge on any atom is -0.473 e. The number of hydrogen-bond donors (Lipinski definition) is 0. The molecule has 0 saturated heterocycles. The highest BCUT2D eigenvalue weighted by Gasteiger charge is 2.03. The van der Waals surface area contributed by atoms with Gasteiger partial charge in [0, 0.05) is 0 Å². The highest BCUT2D eigenvalue weighted by Crippen LogP contribution is 2.15. The molecule has 1 aliphatic heterocycles. The van der Waals surface area contributed by atoms with Gasteiger partial charge in [-0.05, 0) is 11.5 Å². The molecule has 0 saturated carbocycles. The average molecular weight is 139 g/mol. The highest BCUT2D eigenvalue weighted by atomic mass is 32.2. The molecule has 0 radical (unpaired) electrons. The molecule has 46 valence electrons. The van der Waals surface area contributed by atoms with Crippen molar-refractivity contribution in [1.82, 2.24) is 0 Å². The molecule has 1 heterocycles. The Morgan fingerprint density at radius 2 is 2.44 bits per heavy atom. The van der Waals surface area contributed by atoms with Crippen molar-refractivity contribution in [1.29, 1.82) is 5.26 Å². The van der Waals surface area contributed by atoms with Crippen molar-refractivity contribution in [2.24, 2.45) is 0 Å². The Bertz CT molecular complexity index is 166. The Morgan fingerprint density at radius 1 is 1.56 bits per heavy atom. The monoisotopic (exact) mass is 139 g/mol. The Kier molecular flexibility index (Phi) is 2.22. The molecule has 0 fully saturated rings. The van der Waals surface area contributed by atoms with Crippen LogP contribution in [-0.4, -0.2) is 5.44 Å². The van der Waals surface area contributed by atoms with Gasteiger partial charge in [-0.15, -0.1) is 0 Å². The molecule has 2 nitrogen and oxygen atoms in total. The van der Waals surface area contributed by atoms with Gasteiger partial charge in [-0.25, -0.2) is 0 Å². The SMILES string of the molecule is N#CC1OC=CC=CS1. The summed E-state index contributed by atoms with van der Waals surface area (Å²) in [4.78, 5) is 0. The first-order valence-electron chi connectivity index (χ1n) is 2.46. The van der Waals surface area contributed by atoms with Gasteiger partial charge in [0.1, 0.15) is 6.07 Å². The third kappa shape index (κ3) is 1.82. The van der Waals surface area contributed by atoms with Gasteiger partial charge in [-0.3, -0.25) is 0 Å². The van der Waals surface area contributed by atoms with Crippen molar-refractivity contribution in [3.63, 3.8) is 0 Å². The molecule has 1 aliphatic rings. The van der Waals surface area contributed by atoms with E-state index in [1.54, 1.807) is 6.08 Å². The van der Waals surface area contributed by atoms with Gasteiger partial charge in [-0.1, -0.05) is 17.8 Å². The van der Waals surface area contributed by atoms with Crippen LogP contribution in [0.1, 0.15) is 0 Å². The fraction of sp³-hybridized carbons (Fsp3) is 0.167.